The van der Waals surface area contributed by atoms with Gasteiger partial charge < -0.3 is 5.32 Å². The van der Waals surface area contributed by atoms with E-state index < -0.39 is 0 Å². The van der Waals surface area contributed by atoms with Crippen LogP contribution in [0.2, 0.25) is 0 Å². The summed E-state index contributed by atoms with van der Waals surface area (Å²) in [5, 5.41) is 3.67. The van der Waals surface area contributed by atoms with Crippen molar-refractivity contribution in [2.24, 2.45) is 0 Å². The lowest BCUT2D eigenvalue weighted by Gasteiger charge is -2.11. The zero-order chi connectivity index (χ0) is 14.5. The molecule has 0 spiro atoms. The highest BCUT2D eigenvalue weighted by atomic mass is 32.2. The number of fused-ring (bicyclic) bond motifs is 1. The summed E-state index contributed by atoms with van der Waals surface area (Å²) in [7, 11) is 0. The highest BCUT2D eigenvalue weighted by Gasteiger charge is 2.16. The van der Waals surface area contributed by atoms with Gasteiger partial charge in [0.2, 0.25) is 0 Å². The Hall–Kier alpha value is -0.770. The molecule has 112 valence electrons. The fraction of sp³-hybridized carbons (Fsp3) is 0.444. The number of benzene rings is 1. The van der Waals surface area contributed by atoms with Crippen LogP contribution in [0.1, 0.15) is 41.1 Å². The van der Waals surface area contributed by atoms with E-state index in [4.69, 9.17) is 0 Å². The van der Waals surface area contributed by atoms with Crippen LogP contribution in [0.3, 0.4) is 0 Å². The summed E-state index contributed by atoms with van der Waals surface area (Å²) in [6, 6.07) is 13.6. The Morgan fingerprint density at radius 1 is 1.19 bits per heavy atom. The maximum Gasteiger partial charge on any atom is 0.0386 e. The second kappa shape index (κ2) is 7.48. The summed E-state index contributed by atoms with van der Waals surface area (Å²) in [5.41, 5.74) is 1.62. The molecule has 1 aromatic carbocycles. The molecule has 1 heterocycles. The van der Waals surface area contributed by atoms with E-state index in [9.17, 15) is 0 Å². The van der Waals surface area contributed by atoms with Crippen molar-refractivity contribution < 1.29 is 0 Å². The predicted molar refractivity (Wildman–Crippen MR) is 94.5 cm³/mol. The first-order valence-corrected chi connectivity index (χ1v) is 9.66. The molecule has 1 aliphatic rings. The molecule has 1 N–H and O–H groups in total. The van der Waals surface area contributed by atoms with Gasteiger partial charge in [-0.3, -0.25) is 0 Å². The van der Waals surface area contributed by atoms with E-state index in [-0.39, 0.29) is 0 Å². The summed E-state index contributed by atoms with van der Waals surface area (Å²) in [4.78, 5) is 4.52. The first kappa shape index (κ1) is 15.1. The van der Waals surface area contributed by atoms with E-state index in [0.29, 0.717) is 6.04 Å². The van der Waals surface area contributed by atoms with Crippen LogP contribution in [0.4, 0.5) is 0 Å². The Bertz CT molecular complexity index is 538. The quantitative estimate of drug-likeness (QED) is 0.589. The standard InChI is InChI=1S/C18H23NS2/c1-14(18-13-15-7-5-6-10-17(15)21-18)19-11-12-20-16-8-3-2-4-9-16/h2-4,8-9,13-14,19H,5-7,10-12H2,1H3. The summed E-state index contributed by atoms with van der Waals surface area (Å²) in [6.45, 7) is 3.35. The lowest BCUT2D eigenvalue weighted by Crippen LogP contribution is -2.20. The van der Waals surface area contributed by atoms with Gasteiger partial charge in [0.05, 0.1) is 0 Å². The molecule has 1 aromatic heterocycles. The zero-order valence-corrected chi connectivity index (χ0v) is 14.2. The first-order valence-electron chi connectivity index (χ1n) is 7.85. The van der Waals surface area contributed by atoms with E-state index in [0.717, 1.165) is 12.3 Å². The zero-order valence-electron chi connectivity index (χ0n) is 12.6. The Labute approximate surface area is 136 Å². The molecule has 0 aliphatic heterocycles. The number of rotatable bonds is 6. The summed E-state index contributed by atoms with van der Waals surface area (Å²) >= 11 is 3.95. The van der Waals surface area contributed by atoms with E-state index >= 15 is 0 Å². The molecule has 2 aromatic rings. The molecule has 0 bridgehead atoms. The molecular weight excluding hydrogens is 294 g/mol. The van der Waals surface area contributed by atoms with E-state index in [1.54, 1.807) is 10.4 Å². The maximum atomic E-state index is 3.67. The number of hydrogen-bond acceptors (Lipinski definition) is 3. The molecule has 0 radical (unpaired) electrons. The molecule has 0 saturated heterocycles. The maximum absolute atomic E-state index is 3.67. The molecule has 3 rings (SSSR count). The SMILES string of the molecule is CC(NCCSc1ccccc1)c1cc2c(s1)CCCC2. The summed E-state index contributed by atoms with van der Waals surface area (Å²) in [6.07, 6.45) is 5.35. The molecular formula is C18H23NS2. The molecule has 0 amide bonds. The fourth-order valence-corrected chi connectivity index (χ4v) is 4.88. The van der Waals surface area contributed by atoms with Gasteiger partial charge in [-0.2, -0.15) is 0 Å². The smallest absolute Gasteiger partial charge is 0.0386 e. The van der Waals surface area contributed by atoms with Gasteiger partial charge in [-0.1, -0.05) is 18.2 Å². The van der Waals surface area contributed by atoms with Crippen molar-refractivity contribution >= 4 is 23.1 Å². The van der Waals surface area contributed by atoms with E-state index in [2.05, 4.69) is 48.6 Å². The van der Waals surface area contributed by atoms with Crippen molar-refractivity contribution in [2.45, 2.75) is 43.5 Å². The number of nitrogens with one attached hydrogen (secondary N) is 1. The van der Waals surface area contributed by atoms with Crippen molar-refractivity contribution in [1.29, 1.82) is 0 Å². The van der Waals surface area contributed by atoms with Crippen LogP contribution in [0.25, 0.3) is 0 Å². The van der Waals surface area contributed by atoms with Crippen molar-refractivity contribution in [3.05, 3.63) is 51.7 Å². The molecule has 3 heteroatoms. The first-order chi connectivity index (χ1) is 10.3. The van der Waals surface area contributed by atoms with E-state index in [1.165, 1.54) is 35.5 Å². The molecule has 1 nitrogen and oxygen atoms in total. The Balaban J connectivity index is 1.46. The molecule has 1 atom stereocenters. The lowest BCUT2D eigenvalue weighted by molar-refractivity contribution is 0.610. The Kier molecular flexibility index (Phi) is 5.39. The minimum absolute atomic E-state index is 0.483. The monoisotopic (exact) mass is 317 g/mol. The van der Waals surface area contributed by atoms with Gasteiger partial charge in [-0.25, -0.2) is 0 Å². The van der Waals surface area contributed by atoms with Crippen molar-refractivity contribution in [1.82, 2.24) is 5.32 Å². The highest BCUT2D eigenvalue weighted by molar-refractivity contribution is 7.99. The second-order valence-corrected chi connectivity index (χ2v) is 7.98. The van der Waals surface area contributed by atoms with Crippen LogP contribution < -0.4 is 5.32 Å². The topological polar surface area (TPSA) is 12.0 Å². The number of thioether (sulfide) groups is 1. The molecule has 0 fully saturated rings. The molecule has 1 unspecified atom stereocenters. The van der Waals surface area contributed by atoms with Crippen LogP contribution in [-0.4, -0.2) is 12.3 Å². The predicted octanol–water partition coefficient (Wildman–Crippen LogP) is 5.07. The summed E-state index contributed by atoms with van der Waals surface area (Å²) < 4.78 is 0. The number of aryl methyl sites for hydroxylation is 2. The van der Waals surface area contributed by atoms with Crippen LogP contribution in [0.5, 0.6) is 0 Å². The highest BCUT2D eigenvalue weighted by Crippen LogP contribution is 2.32. The van der Waals surface area contributed by atoms with Crippen LogP contribution in [-0.2, 0) is 12.8 Å². The van der Waals surface area contributed by atoms with Crippen molar-refractivity contribution in [3.8, 4) is 0 Å². The van der Waals surface area contributed by atoms with Crippen molar-refractivity contribution in [3.63, 3.8) is 0 Å². The lowest BCUT2D eigenvalue weighted by atomic mass is 9.99. The van der Waals surface area contributed by atoms with E-state index in [1.807, 2.05) is 23.1 Å². The normalized spacial score (nSPS) is 15.7. The van der Waals surface area contributed by atoms with Gasteiger partial charge in [0.15, 0.2) is 0 Å². The average molecular weight is 318 g/mol. The third-order valence-electron chi connectivity index (χ3n) is 4.01. The Morgan fingerprint density at radius 3 is 2.81 bits per heavy atom. The second-order valence-electron chi connectivity index (χ2n) is 5.64. The third kappa shape index (κ3) is 4.12. The van der Waals surface area contributed by atoms with Gasteiger partial charge in [0.25, 0.3) is 0 Å². The van der Waals surface area contributed by atoms with Gasteiger partial charge in [-0.15, -0.1) is 23.1 Å². The van der Waals surface area contributed by atoms with Gasteiger partial charge in [0, 0.05) is 33.0 Å². The minimum atomic E-state index is 0.483. The van der Waals surface area contributed by atoms with Crippen LogP contribution >= 0.6 is 23.1 Å². The Morgan fingerprint density at radius 2 is 2.00 bits per heavy atom. The van der Waals surface area contributed by atoms with Crippen LogP contribution in [0, 0.1) is 0 Å². The fourth-order valence-electron chi connectivity index (χ4n) is 2.79. The number of thiophene rings is 1. The van der Waals surface area contributed by atoms with Crippen molar-refractivity contribution in [2.75, 3.05) is 12.3 Å². The molecule has 1 aliphatic carbocycles. The van der Waals surface area contributed by atoms with Gasteiger partial charge in [-0.05, 0) is 56.4 Å². The average Bonchev–Trinajstić information content (AvgIpc) is 2.96. The van der Waals surface area contributed by atoms with Gasteiger partial charge >= 0.3 is 0 Å². The largest absolute Gasteiger partial charge is 0.309 e. The van der Waals surface area contributed by atoms with Gasteiger partial charge in [0.1, 0.15) is 0 Å². The number of hydrogen-bond donors (Lipinski definition) is 1. The third-order valence-corrected chi connectivity index (χ3v) is 6.44. The minimum Gasteiger partial charge on any atom is -0.309 e. The van der Waals surface area contributed by atoms with Crippen LogP contribution in [0.15, 0.2) is 41.3 Å². The molecule has 0 saturated carbocycles. The summed E-state index contributed by atoms with van der Waals surface area (Å²) in [5.74, 6) is 1.12. The molecule has 21 heavy (non-hydrogen) atoms.